The molecule has 4 rings (SSSR count). The van der Waals surface area contributed by atoms with Crippen LogP contribution in [0.1, 0.15) is 16.9 Å². The minimum absolute atomic E-state index is 0.141. The summed E-state index contributed by atoms with van der Waals surface area (Å²) in [7, 11) is 0. The van der Waals surface area contributed by atoms with Crippen molar-refractivity contribution in [3.05, 3.63) is 95.7 Å². The van der Waals surface area contributed by atoms with Crippen molar-refractivity contribution in [3.63, 3.8) is 0 Å². The molecule has 1 atom stereocenters. The van der Waals surface area contributed by atoms with Crippen LogP contribution in [-0.4, -0.2) is 23.2 Å². The molecule has 2 N–H and O–H groups in total. The lowest BCUT2D eigenvalue weighted by atomic mass is 10.0. The number of nitrogens with one attached hydrogen (secondary N) is 1. The van der Waals surface area contributed by atoms with E-state index in [1.54, 1.807) is 36.4 Å². The van der Waals surface area contributed by atoms with Gasteiger partial charge >= 0.3 is 12.1 Å². The van der Waals surface area contributed by atoms with Crippen molar-refractivity contribution in [2.24, 2.45) is 0 Å². The summed E-state index contributed by atoms with van der Waals surface area (Å²) in [5.74, 6) is -0.717. The number of nitriles is 1. The van der Waals surface area contributed by atoms with Crippen molar-refractivity contribution < 1.29 is 23.8 Å². The van der Waals surface area contributed by atoms with Gasteiger partial charge in [-0.1, -0.05) is 48.5 Å². The number of rotatable bonds is 7. The van der Waals surface area contributed by atoms with E-state index >= 15 is 0 Å². The lowest BCUT2D eigenvalue weighted by Gasteiger charge is -2.14. The molecule has 0 saturated heterocycles. The molecule has 1 aromatic heterocycles. The average Bonchev–Trinajstić information content (AvgIpc) is 3.25. The van der Waals surface area contributed by atoms with Crippen molar-refractivity contribution >= 4 is 23.0 Å². The lowest BCUT2D eigenvalue weighted by Crippen LogP contribution is -2.42. The highest BCUT2D eigenvalue weighted by Gasteiger charge is 2.21. The molecule has 3 aromatic carbocycles. The molecular formula is C26H20N2O5. The third kappa shape index (κ3) is 5.38. The number of nitrogens with zero attached hydrogens (tertiary/aromatic N) is 1. The number of fused-ring (bicyclic) bond motifs is 1. The van der Waals surface area contributed by atoms with Crippen LogP contribution >= 0.6 is 0 Å². The van der Waals surface area contributed by atoms with E-state index in [0.717, 1.165) is 22.1 Å². The van der Waals surface area contributed by atoms with Gasteiger partial charge in [0.1, 0.15) is 17.4 Å². The maximum atomic E-state index is 12.2. The number of hydrogen-bond donors (Lipinski definition) is 2. The molecule has 0 aliphatic heterocycles. The fourth-order valence-corrected chi connectivity index (χ4v) is 3.49. The van der Waals surface area contributed by atoms with Gasteiger partial charge in [0.25, 0.3) is 0 Å². The molecule has 0 saturated carbocycles. The minimum atomic E-state index is -1.15. The summed E-state index contributed by atoms with van der Waals surface area (Å²) in [5.41, 5.74) is 3.83. The fraction of sp³-hybridized carbons (Fsp3) is 0.115. The third-order valence-electron chi connectivity index (χ3n) is 5.11. The van der Waals surface area contributed by atoms with Crippen LogP contribution in [0.3, 0.4) is 0 Å². The summed E-state index contributed by atoms with van der Waals surface area (Å²) in [5, 5.41) is 21.7. The summed E-state index contributed by atoms with van der Waals surface area (Å²) in [6.45, 7) is -0.141. The predicted octanol–water partition coefficient (Wildman–Crippen LogP) is 4.89. The average molecular weight is 440 g/mol. The molecule has 0 bridgehead atoms. The molecule has 0 aliphatic carbocycles. The molecule has 0 radical (unpaired) electrons. The maximum absolute atomic E-state index is 12.2. The number of hydrogen-bond acceptors (Lipinski definition) is 5. The Balaban J connectivity index is 1.40. The highest BCUT2D eigenvalue weighted by Crippen LogP contribution is 2.27. The number of carbonyl (C=O) groups excluding carboxylic acids is 1. The van der Waals surface area contributed by atoms with Gasteiger partial charge in [-0.25, -0.2) is 9.59 Å². The zero-order valence-corrected chi connectivity index (χ0v) is 17.5. The van der Waals surface area contributed by atoms with Crippen LogP contribution in [-0.2, 0) is 22.6 Å². The Hall–Kier alpha value is -4.57. The first kappa shape index (κ1) is 21.7. The summed E-state index contributed by atoms with van der Waals surface area (Å²) in [6, 6.07) is 24.8. The number of alkyl carbamates (subject to hydrolysis) is 1. The van der Waals surface area contributed by atoms with Gasteiger partial charge in [0.2, 0.25) is 0 Å². The third-order valence-corrected chi connectivity index (χ3v) is 5.11. The van der Waals surface area contributed by atoms with Crippen LogP contribution in [0.5, 0.6) is 0 Å². The minimum Gasteiger partial charge on any atom is -0.480 e. The van der Waals surface area contributed by atoms with Crippen LogP contribution in [0, 0.1) is 11.3 Å². The molecule has 1 unspecified atom stereocenters. The highest BCUT2D eigenvalue weighted by molar-refractivity contribution is 5.84. The first-order valence-electron chi connectivity index (χ1n) is 10.2. The molecular weight excluding hydrogens is 420 g/mol. The van der Waals surface area contributed by atoms with Gasteiger partial charge < -0.3 is 19.6 Å². The predicted molar refractivity (Wildman–Crippen MR) is 121 cm³/mol. The van der Waals surface area contributed by atoms with Gasteiger partial charge in [0, 0.05) is 11.8 Å². The largest absolute Gasteiger partial charge is 0.480 e. The van der Waals surface area contributed by atoms with Crippen LogP contribution in [0.4, 0.5) is 4.79 Å². The van der Waals surface area contributed by atoms with Crippen molar-refractivity contribution in [3.8, 4) is 17.2 Å². The second-order valence-electron chi connectivity index (χ2n) is 7.46. The number of aliphatic carboxylic acids is 1. The van der Waals surface area contributed by atoms with Crippen molar-refractivity contribution in [1.82, 2.24) is 5.32 Å². The second-order valence-corrected chi connectivity index (χ2v) is 7.46. The summed E-state index contributed by atoms with van der Waals surface area (Å²) in [6.07, 6.45) is -0.695. The monoisotopic (exact) mass is 440 g/mol. The van der Waals surface area contributed by atoms with E-state index in [-0.39, 0.29) is 13.0 Å². The normalized spacial score (nSPS) is 11.5. The van der Waals surface area contributed by atoms with E-state index in [1.165, 1.54) is 0 Å². The van der Waals surface area contributed by atoms with Crippen molar-refractivity contribution in [2.75, 3.05) is 0 Å². The molecule has 33 heavy (non-hydrogen) atoms. The number of benzene rings is 3. The van der Waals surface area contributed by atoms with E-state index < -0.39 is 18.1 Å². The van der Waals surface area contributed by atoms with E-state index in [4.69, 9.17) is 14.4 Å². The number of amides is 1. The SMILES string of the molecule is N#Cc1cccc(-c2ccc3oc(COC(=O)NC(Cc4ccccc4)C(=O)O)cc3c2)c1. The number of ether oxygens (including phenoxy) is 1. The van der Waals surface area contributed by atoms with Crippen LogP contribution < -0.4 is 5.32 Å². The smallest absolute Gasteiger partial charge is 0.408 e. The second kappa shape index (κ2) is 9.71. The van der Waals surface area contributed by atoms with Crippen LogP contribution in [0.25, 0.3) is 22.1 Å². The first-order chi connectivity index (χ1) is 16.0. The molecule has 164 valence electrons. The van der Waals surface area contributed by atoms with E-state index in [9.17, 15) is 14.7 Å². The Morgan fingerprint density at radius 2 is 1.79 bits per heavy atom. The Kier molecular flexibility index (Phi) is 6.37. The van der Waals surface area contributed by atoms with Gasteiger partial charge in [-0.3, -0.25) is 0 Å². The Morgan fingerprint density at radius 3 is 2.55 bits per heavy atom. The van der Waals surface area contributed by atoms with E-state index in [1.807, 2.05) is 42.5 Å². The number of carboxylic acids is 1. The van der Waals surface area contributed by atoms with Crippen molar-refractivity contribution in [2.45, 2.75) is 19.1 Å². The molecule has 7 nitrogen and oxygen atoms in total. The van der Waals surface area contributed by atoms with Gasteiger partial charge in [-0.15, -0.1) is 0 Å². The Bertz CT molecular complexity index is 1340. The topological polar surface area (TPSA) is 113 Å². The lowest BCUT2D eigenvalue weighted by molar-refractivity contribution is -0.139. The molecule has 0 spiro atoms. The number of carbonyl (C=O) groups is 2. The van der Waals surface area contributed by atoms with Gasteiger partial charge in [0.15, 0.2) is 6.61 Å². The molecule has 4 aromatic rings. The van der Waals surface area contributed by atoms with Crippen LogP contribution in [0.15, 0.2) is 83.3 Å². The molecule has 0 fully saturated rings. The van der Waals surface area contributed by atoms with Gasteiger partial charge in [-0.2, -0.15) is 5.26 Å². The zero-order chi connectivity index (χ0) is 23.2. The van der Waals surface area contributed by atoms with Crippen LogP contribution in [0.2, 0.25) is 0 Å². The standard InChI is InChI=1S/C26H20N2O5/c27-15-18-7-4-8-19(11-18)20-9-10-24-21(13-20)14-22(33-24)16-32-26(31)28-23(25(29)30)12-17-5-2-1-3-6-17/h1-11,13-14,23H,12,16H2,(H,28,31)(H,29,30). The fourth-order valence-electron chi connectivity index (χ4n) is 3.49. The summed E-state index contributed by atoms with van der Waals surface area (Å²) >= 11 is 0. The highest BCUT2D eigenvalue weighted by atomic mass is 16.6. The Labute approximate surface area is 189 Å². The number of furan rings is 1. The zero-order valence-electron chi connectivity index (χ0n) is 17.5. The maximum Gasteiger partial charge on any atom is 0.408 e. The molecule has 1 amide bonds. The molecule has 1 heterocycles. The van der Waals surface area contributed by atoms with Gasteiger partial charge in [-0.05, 0) is 47.0 Å². The molecule has 7 heteroatoms. The Morgan fingerprint density at radius 1 is 1.00 bits per heavy atom. The summed E-state index contributed by atoms with van der Waals surface area (Å²) in [4.78, 5) is 23.7. The summed E-state index contributed by atoms with van der Waals surface area (Å²) < 4.78 is 10.9. The van der Waals surface area contributed by atoms with E-state index in [2.05, 4.69) is 11.4 Å². The quantitative estimate of drug-likeness (QED) is 0.423. The first-order valence-corrected chi connectivity index (χ1v) is 10.2. The van der Waals surface area contributed by atoms with Gasteiger partial charge in [0.05, 0.1) is 11.6 Å². The van der Waals surface area contributed by atoms with Crippen molar-refractivity contribution in [1.29, 1.82) is 5.26 Å². The van der Waals surface area contributed by atoms with E-state index in [0.29, 0.717) is 16.9 Å². The number of carboxylic acid groups (broad SMARTS) is 1. The molecule has 0 aliphatic rings.